The van der Waals surface area contributed by atoms with Crippen molar-refractivity contribution < 1.29 is 13.2 Å². The lowest BCUT2D eigenvalue weighted by molar-refractivity contribution is 0.367. The highest BCUT2D eigenvalue weighted by molar-refractivity contribution is 8.13. The molecular formula is C10H9ClO3S. The number of aryl methyl sites for hydroxylation is 1. The lowest BCUT2D eigenvalue weighted by atomic mass is 10.2. The normalized spacial score (nSPS) is 10.7. The number of ether oxygens (including phenoxy) is 1. The second kappa shape index (κ2) is 4.56. The molecule has 0 aliphatic rings. The molecule has 0 unspecified atom stereocenters. The first kappa shape index (κ1) is 11.9. The van der Waals surface area contributed by atoms with Crippen molar-refractivity contribution in [2.75, 3.05) is 6.61 Å². The molecule has 0 aromatic heterocycles. The summed E-state index contributed by atoms with van der Waals surface area (Å²) in [4.78, 5) is 0.0507. The Kier molecular flexibility index (Phi) is 3.61. The van der Waals surface area contributed by atoms with Crippen LogP contribution in [0.2, 0.25) is 0 Å². The molecule has 0 spiro atoms. The summed E-state index contributed by atoms with van der Waals surface area (Å²) in [5.74, 6) is 2.87. The average Bonchev–Trinajstić information content (AvgIpc) is 2.14. The Morgan fingerprint density at radius 3 is 2.67 bits per heavy atom. The maximum atomic E-state index is 11.0. The van der Waals surface area contributed by atoms with Gasteiger partial charge >= 0.3 is 0 Å². The van der Waals surface area contributed by atoms with Crippen LogP contribution in [0.3, 0.4) is 0 Å². The van der Waals surface area contributed by atoms with Gasteiger partial charge in [0.1, 0.15) is 12.4 Å². The van der Waals surface area contributed by atoms with Gasteiger partial charge in [0, 0.05) is 10.7 Å². The molecule has 0 amide bonds. The Balaban J connectivity index is 3.05. The summed E-state index contributed by atoms with van der Waals surface area (Å²) in [6, 6.07) is 4.34. The first-order chi connectivity index (χ1) is 6.95. The molecule has 1 rings (SSSR count). The van der Waals surface area contributed by atoms with Gasteiger partial charge in [0.05, 0.1) is 4.90 Å². The van der Waals surface area contributed by atoms with Gasteiger partial charge in [-0.05, 0) is 30.7 Å². The molecule has 0 N–H and O–H groups in total. The third-order valence-electron chi connectivity index (χ3n) is 1.74. The average molecular weight is 245 g/mol. The Bertz CT molecular complexity index is 500. The molecule has 0 saturated carbocycles. The zero-order valence-corrected chi connectivity index (χ0v) is 9.60. The zero-order chi connectivity index (χ0) is 11.5. The summed E-state index contributed by atoms with van der Waals surface area (Å²) in [7, 11) is 1.50. The fourth-order valence-electron chi connectivity index (χ4n) is 1.05. The van der Waals surface area contributed by atoms with Crippen LogP contribution in [0.5, 0.6) is 5.75 Å². The summed E-state index contributed by atoms with van der Waals surface area (Å²) < 4.78 is 27.2. The molecule has 0 heterocycles. The monoisotopic (exact) mass is 244 g/mol. The van der Waals surface area contributed by atoms with E-state index >= 15 is 0 Å². The Labute approximate surface area is 93.4 Å². The number of hydrogen-bond donors (Lipinski definition) is 0. The fraction of sp³-hybridized carbons (Fsp3) is 0.200. The van der Waals surface area contributed by atoms with Crippen molar-refractivity contribution in [2.45, 2.75) is 11.8 Å². The van der Waals surface area contributed by atoms with Gasteiger partial charge in [0.2, 0.25) is 0 Å². The smallest absolute Gasteiger partial charge is 0.261 e. The van der Waals surface area contributed by atoms with Crippen molar-refractivity contribution >= 4 is 19.7 Å². The quantitative estimate of drug-likeness (QED) is 0.603. The van der Waals surface area contributed by atoms with E-state index in [1.165, 1.54) is 18.2 Å². The highest BCUT2D eigenvalue weighted by Gasteiger charge is 2.11. The van der Waals surface area contributed by atoms with Crippen LogP contribution >= 0.6 is 10.7 Å². The molecule has 0 radical (unpaired) electrons. The lowest BCUT2D eigenvalue weighted by Gasteiger charge is -2.06. The summed E-state index contributed by atoms with van der Waals surface area (Å²) in [5.41, 5.74) is 0.673. The summed E-state index contributed by atoms with van der Waals surface area (Å²) in [6.07, 6.45) is 5.03. The van der Waals surface area contributed by atoms with E-state index in [0.717, 1.165) is 0 Å². The number of halogens is 1. The SMILES string of the molecule is C#CCOc1ccc(S(=O)(=O)Cl)cc1C. The third kappa shape index (κ3) is 3.15. The molecule has 0 fully saturated rings. The van der Waals surface area contributed by atoms with Gasteiger partial charge in [0.15, 0.2) is 0 Å². The first-order valence-electron chi connectivity index (χ1n) is 4.06. The van der Waals surface area contributed by atoms with Crippen molar-refractivity contribution in [1.29, 1.82) is 0 Å². The standard InChI is InChI=1S/C10H9ClO3S/c1-3-6-14-10-5-4-9(7-8(10)2)15(11,12)13/h1,4-5,7H,6H2,2H3. The fourth-order valence-corrected chi connectivity index (χ4v) is 1.89. The molecule has 1 aromatic carbocycles. The zero-order valence-electron chi connectivity index (χ0n) is 8.03. The molecule has 80 valence electrons. The molecule has 3 nitrogen and oxygen atoms in total. The van der Waals surface area contributed by atoms with Gasteiger partial charge in [-0.25, -0.2) is 8.42 Å². The Morgan fingerprint density at radius 2 is 2.20 bits per heavy atom. The second-order valence-corrected chi connectivity index (χ2v) is 5.42. The number of terminal acetylenes is 1. The van der Waals surface area contributed by atoms with E-state index < -0.39 is 9.05 Å². The molecular weight excluding hydrogens is 236 g/mol. The van der Waals surface area contributed by atoms with Gasteiger partial charge in [-0.3, -0.25) is 0 Å². The Morgan fingerprint density at radius 1 is 1.53 bits per heavy atom. The molecule has 0 bridgehead atoms. The van der Waals surface area contributed by atoms with Crippen molar-refractivity contribution in [3.63, 3.8) is 0 Å². The van der Waals surface area contributed by atoms with Crippen LogP contribution in [0.1, 0.15) is 5.56 Å². The van der Waals surface area contributed by atoms with E-state index in [0.29, 0.717) is 11.3 Å². The van der Waals surface area contributed by atoms with Gasteiger partial charge in [0.25, 0.3) is 9.05 Å². The largest absolute Gasteiger partial charge is 0.481 e. The van der Waals surface area contributed by atoms with E-state index in [2.05, 4.69) is 5.92 Å². The summed E-state index contributed by atoms with van der Waals surface area (Å²) in [5, 5.41) is 0. The lowest BCUT2D eigenvalue weighted by Crippen LogP contribution is -1.97. The van der Waals surface area contributed by atoms with Crippen LogP contribution in [0.25, 0.3) is 0 Å². The molecule has 0 atom stereocenters. The first-order valence-corrected chi connectivity index (χ1v) is 6.37. The van der Waals surface area contributed by atoms with Crippen LogP contribution in [-0.2, 0) is 9.05 Å². The minimum atomic E-state index is -3.69. The maximum absolute atomic E-state index is 11.0. The van der Waals surface area contributed by atoms with E-state index in [9.17, 15) is 8.42 Å². The van der Waals surface area contributed by atoms with E-state index in [-0.39, 0.29) is 11.5 Å². The number of benzene rings is 1. The number of rotatable bonds is 3. The van der Waals surface area contributed by atoms with Crippen LogP contribution < -0.4 is 4.74 Å². The van der Waals surface area contributed by atoms with Crippen molar-refractivity contribution in [1.82, 2.24) is 0 Å². The highest BCUT2D eigenvalue weighted by atomic mass is 35.7. The number of hydrogen-bond acceptors (Lipinski definition) is 3. The van der Waals surface area contributed by atoms with Crippen LogP contribution in [0.15, 0.2) is 23.1 Å². The van der Waals surface area contributed by atoms with E-state index in [1.54, 1.807) is 6.92 Å². The third-order valence-corrected chi connectivity index (χ3v) is 3.09. The summed E-state index contributed by atoms with van der Waals surface area (Å²) in [6.45, 7) is 1.87. The molecule has 15 heavy (non-hydrogen) atoms. The minimum Gasteiger partial charge on any atom is -0.481 e. The van der Waals surface area contributed by atoms with Gasteiger partial charge < -0.3 is 4.74 Å². The topological polar surface area (TPSA) is 43.4 Å². The van der Waals surface area contributed by atoms with Crippen molar-refractivity contribution in [3.8, 4) is 18.1 Å². The Hall–Kier alpha value is -1.18. The molecule has 5 heteroatoms. The van der Waals surface area contributed by atoms with Crippen LogP contribution in [-0.4, -0.2) is 15.0 Å². The van der Waals surface area contributed by atoms with Crippen molar-refractivity contribution in [2.24, 2.45) is 0 Å². The summed E-state index contributed by atoms with van der Waals surface area (Å²) >= 11 is 0. The second-order valence-electron chi connectivity index (χ2n) is 2.86. The molecule has 1 aromatic rings. The predicted molar refractivity (Wildman–Crippen MR) is 58.5 cm³/mol. The van der Waals surface area contributed by atoms with Gasteiger partial charge in [-0.1, -0.05) is 5.92 Å². The van der Waals surface area contributed by atoms with E-state index in [4.69, 9.17) is 21.8 Å². The van der Waals surface area contributed by atoms with Gasteiger partial charge in [-0.15, -0.1) is 6.42 Å². The van der Waals surface area contributed by atoms with Crippen molar-refractivity contribution in [3.05, 3.63) is 23.8 Å². The minimum absolute atomic E-state index is 0.0507. The maximum Gasteiger partial charge on any atom is 0.261 e. The van der Waals surface area contributed by atoms with Crippen LogP contribution in [0.4, 0.5) is 0 Å². The van der Waals surface area contributed by atoms with Crippen LogP contribution in [0, 0.1) is 19.3 Å². The molecule has 0 aliphatic carbocycles. The highest BCUT2D eigenvalue weighted by Crippen LogP contribution is 2.23. The molecule has 0 saturated heterocycles. The van der Waals surface area contributed by atoms with E-state index in [1.807, 2.05) is 0 Å². The predicted octanol–water partition coefficient (Wildman–Crippen LogP) is 1.93. The molecule has 0 aliphatic heterocycles. The van der Waals surface area contributed by atoms with Gasteiger partial charge in [-0.2, -0.15) is 0 Å².